The van der Waals surface area contributed by atoms with Crippen molar-refractivity contribution in [3.63, 3.8) is 0 Å². The van der Waals surface area contributed by atoms with E-state index in [2.05, 4.69) is 138 Å². The molecule has 66 heavy (non-hydrogen) atoms. The van der Waals surface area contributed by atoms with Crippen LogP contribution >= 0.6 is 0 Å². The molecule has 0 aliphatic rings. The van der Waals surface area contributed by atoms with Gasteiger partial charge in [-0.1, -0.05) is 146 Å². The van der Waals surface area contributed by atoms with Crippen LogP contribution in [0.5, 0.6) is 0 Å². The Morgan fingerprint density at radius 2 is 0.818 bits per heavy atom. The Labute approximate surface area is 374 Å². The molecule has 10 aromatic carbocycles. The fourth-order valence-corrected chi connectivity index (χ4v) is 10.5. The lowest BCUT2D eigenvalue weighted by Gasteiger charge is -2.15. The summed E-state index contributed by atoms with van der Waals surface area (Å²) in [6.45, 7) is 0. The van der Waals surface area contributed by atoms with E-state index in [1.165, 1.54) is 0 Å². The average molecular weight is 845 g/mol. The minimum Gasteiger partial charge on any atom is -0.456 e. The van der Waals surface area contributed by atoms with Crippen LogP contribution in [0.15, 0.2) is 207 Å². The largest absolute Gasteiger partial charge is 0.456 e. The van der Waals surface area contributed by atoms with Gasteiger partial charge >= 0.3 is 0 Å². The maximum atomic E-state index is 6.88. The van der Waals surface area contributed by atoms with Gasteiger partial charge in [-0.15, -0.1) is 0 Å². The molecule has 0 amide bonds. The lowest BCUT2D eigenvalue weighted by Crippen LogP contribution is -2.07. The molecule has 7 heteroatoms. The van der Waals surface area contributed by atoms with Gasteiger partial charge in [0.2, 0.25) is 5.95 Å². The minimum absolute atomic E-state index is 0.481. The van der Waals surface area contributed by atoms with E-state index in [9.17, 15) is 0 Å². The highest BCUT2D eigenvalue weighted by molar-refractivity contribution is 6.25. The van der Waals surface area contributed by atoms with Crippen molar-refractivity contribution in [1.29, 1.82) is 0 Å². The van der Waals surface area contributed by atoms with Crippen molar-refractivity contribution < 1.29 is 13.3 Å². The van der Waals surface area contributed by atoms with Gasteiger partial charge in [-0.25, -0.2) is 4.98 Å². The summed E-state index contributed by atoms with van der Waals surface area (Å²) >= 11 is 0. The Bertz CT molecular complexity index is 4420. The van der Waals surface area contributed by atoms with Crippen LogP contribution in [0.25, 0.3) is 149 Å². The molecule has 0 aliphatic heterocycles. The summed E-state index contributed by atoms with van der Waals surface area (Å²) in [5.74, 6) is 1.51. The maximum Gasteiger partial charge on any atom is 0.238 e. The van der Waals surface area contributed by atoms with E-state index in [0.717, 1.165) is 131 Å². The second-order valence-corrected chi connectivity index (χ2v) is 17.1. The third-order valence-electron chi connectivity index (χ3n) is 13.4. The van der Waals surface area contributed by atoms with Crippen LogP contribution in [0.3, 0.4) is 0 Å². The van der Waals surface area contributed by atoms with Gasteiger partial charge in [0.15, 0.2) is 11.6 Å². The number of hydrogen-bond donors (Lipinski definition) is 0. The van der Waals surface area contributed by atoms with Crippen LogP contribution in [0.1, 0.15) is 0 Å². The molecular weight excluding hydrogens is 813 g/mol. The van der Waals surface area contributed by atoms with E-state index in [1.54, 1.807) is 0 Å². The molecule has 15 rings (SSSR count). The first-order chi connectivity index (χ1) is 32.7. The van der Waals surface area contributed by atoms with E-state index < -0.39 is 0 Å². The van der Waals surface area contributed by atoms with Crippen LogP contribution in [0.4, 0.5) is 0 Å². The molecule has 0 radical (unpaired) electrons. The van der Waals surface area contributed by atoms with Crippen molar-refractivity contribution in [1.82, 2.24) is 19.5 Å². The molecule has 0 fully saturated rings. The monoisotopic (exact) mass is 844 g/mol. The van der Waals surface area contributed by atoms with Crippen molar-refractivity contribution in [3.8, 4) is 39.9 Å². The average Bonchev–Trinajstić information content (AvgIpc) is 4.14. The summed E-state index contributed by atoms with van der Waals surface area (Å²) in [5.41, 5.74) is 10.5. The van der Waals surface area contributed by atoms with Crippen LogP contribution < -0.4 is 0 Å². The Balaban J connectivity index is 1.08. The fourth-order valence-electron chi connectivity index (χ4n) is 10.5. The third kappa shape index (κ3) is 4.99. The second kappa shape index (κ2) is 13.2. The minimum atomic E-state index is 0.481. The highest BCUT2D eigenvalue weighted by atomic mass is 16.3. The topological polar surface area (TPSA) is 83.0 Å². The SMILES string of the molecule is c1ccc2c(-c3cccc4c5ccc6ccccc6c5n(-c5nc(-c6ccc7c(c6)oc6ccccc67)nc(-c6ccc7c(c6)oc6ccccc67)n5)c34)c3oc4ccccc4c3cc2c1. The summed E-state index contributed by atoms with van der Waals surface area (Å²) in [4.78, 5) is 16.2. The molecule has 5 heterocycles. The van der Waals surface area contributed by atoms with Gasteiger partial charge in [0.05, 0.1) is 11.0 Å². The predicted octanol–water partition coefficient (Wildman–Crippen LogP) is 16.0. The molecule has 0 saturated heterocycles. The van der Waals surface area contributed by atoms with Gasteiger partial charge in [0, 0.05) is 70.7 Å². The van der Waals surface area contributed by atoms with Gasteiger partial charge < -0.3 is 13.3 Å². The molecule has 0 aliphatic carbocycles. The Kier molecular flexibility index (Phi) is 7.10. The van der Waals surface area contributed by atoms with Crippen molar-refractivity contribution in [2.75, 3.05) is 0 Å². The zero-order chi connectivity index (χ0) is 43.0. The molecule has 0 N–H and O–H groups in total. The van der Waals surface area contributed by atoms with E-state index >= 15 is 0 Å². The number of furan rings is 3. The molecule has 5 aromatic heterocycles. The summed E-state index contributed by atoms with van der Waals surface area (Å²) in [6.07, 6.45) is 0. The number of para-hydroxylation sites is 4. The van der Waals surface area contributed by atoms with Crippen molar-refractivity contribution in [2.45, 2.75) is 0 Å². The standard InChI is InChI=1S/C59H32N4O3/c1-4-15-38-33(12-1)24-29-45-44-19-11-20-46(53-37-14-3-2-13-34(37)30-47-41-18-7-10-23-50(41)66-56(47)53)55(44)63(54(38)45)59-61-57(35-25-27-42-39-16-5-8-21-48(39)64-51(42)31-35)60-58(62-59)36-26-28-43-40-17-6-9-22-49(40)65-52(43)32-36/h1-32H. The van der Waals surface area contributed by atoms with Crippen molar-refractivity contribution in [2.24, 2.45) is 0 Å². The molecule has 7 nitrogen and oxygen atoms in total. The van der Waals surface area contributed by atoms with Gasteiger partial charge in [0.1, 0.15) is 33.5 Å². The lowest BCUT2D eigenvalue weighted by atomic mass is 9.93. The van der Waals surface area contributed by atoms with Crippen LogP contribution in [-0.2, 0) is 0 Å². The number of aromatic nitrogens is 4. The Hall–Kier alpha value is -9.07. The summed E-state index contributed by atoms with van der Waals surface area (Å²) in [7, 11) is 0. The number of benzene rings is 10. The molecule has 306 valence electrons. The van der Waals surface area contributed by atoms with Crippen LogP contribution in [-0.4, -0.2) is 19.5 Å². The van der Waals surface area contributed by atoms with Crippen molar-refractivity contribution >= 4 is 109 Å². The third-order valence-corrected chi connectivity index (χ3v) is 13.4. The Morgan fingerprint density at radius 1 is 0.318 bits per heavy atom. The number of rotatable bonds is 4. The van der Waals surface area contributed by atoms with E-state index in [0.29, 0.717) is 17.6 Å². The molecular formula is C59H32N4O3. The Morgan fingerprint density at radius 3 is 1.48 bits per heavy atom. The molecule has 0 unspecified atom stereocenters. The second-order valence-electron chi connectivity index (χ2n) is 17.1. The van der Waals surface area contributed by atoms with Gasteiger partial charge in [-0.3, -0.25) is 4.57 Å². The van der Waals surface area contributed by atoms with E-state index in [4.69, 9.17) is 28.2 Å². The van der Waals surface area contributed by atoms with Gasteiger partial charge in [-0.05, 0) is 64.7 Å². The molecule has 0 saturated carbocycles. The molecule has 0 spiro atoms. The van der Waals surface area contributed by atoms with Crippen LogP contribution in [0.2, 0.25) is 0 Å². The summed E-state index contributed by atoms with van der Waals surface area (Å²) < 4.78 is 22.0. The zero-order valence-electron chi connectivity index (χ0n) is 35.0. The summed E-state index contributed by atoms with van der Waals surface area (Å²) in [5, 5.41) is 12.9. The number of nitrogens with zero attached hydrogens (tertiary/aromatic N) is 4. The fraction of sp³-hybridized carbons (Fsp3) is 0. The molecule has 0 bridgehead atoms. The van der Waals surface area contributed by atoms with Crippen molar-refractivity contribution in [3.05, 3.63) is 194 Å². The molecule has 15 aromatic rings. The smallest absolute Gasteiger partial charge is 0.238 e. The normalized spacial score (nSPS) is 12.2. The first-order valence-electron chi connectivity index (χ1n) is 22.1. The lowest BCUT2D eigenvalue weighted by molar-refractivity contribution is 0.668. The van der Waals surface area contributed by atoms with Gasteiger partial charge in [-0.2, -0.15) is 9.97 Å². The number of fused-ring (bicyclic) bond motifs is 15. The van der Waals surface area contributed by atoms with E-state index in [-0.39, 0.29) is 0 Å². The first-order valence-corrected chi connectivity index (χ1v) is 22.1. The highest BCUT2D eigenvalue weighted by Crippen LogP contribution is 2.47. The van der Waals surface area contributed by atoms with Crippen LogP contribution in [0, 0.1) is 0 Å². The number of hydrogen-bond acceptors (Lipinski definition) is 6. The van der Waals surface area contributed by atoms with Gasteiger partial charge in [0.25, 0.3) is 0 Å². The first kappa shape index (κ1) is 35.4. The quantitative estimate of drug-likeness (QED) is 0.175. The van der Waals surface area contributed by atoms with E-state index in [1.807, 2.05) is 60.7 Å². The summed E-state index contributed by atoms with van der Waals surface area (Å²) in [6, 6.07) is 67.4. The maximum absolute atomic E-state index is 6.88. The highest BCUT2D eigenvalue weighted by Gasteiger charge is 2.26. The zero-order valence-corrected chi connectivity index (χ0v) is 35.0. The predicted molar refractivity (Wildman–Crippen MR) is 267 cm³/mol. The molecule has 0 atom stereocenters.